The van der Waals surface area contributed by atoms with E-state index in [1.54, 1.807) is 18.3 Å². The van der Waals surface area contributed by atoms with Crippen LogP contribution in [0, 0.1) is 12.3 Å². The lowest BCUT2D eigenvalue weighted by Crippen LogP contribution is -2.53. The molecule has 0 aliphatic heterocycles. The molecule has 9 nitrogen and oxygen atoms in total. The summed E-state index contributed by atoms with van der Waals surface area (Å²) in [5.41, 5.74) is 7.93. The molecule has 3 aromatic rings. The quantitative estimate of drug-likeness (QED) is 0.0492. The van der Waals surface area contributed by atoms with E-state index < -0.39 is 11.5 Å². The van der Waals surface area contributed by atoms with Crippen LogP contribution in [0.5, 0.6) is 0 Å². The molecule has 2 atom stereocenters. The van der Waals surface area contributed by atoms with Crippen LogP contribution in [0.25, 0.3) is 10.4 Å². The van der Waals surface area contributed by atoms with Crippen molar-refractivity contribution < 1.29 is 14.4 Å². The number of carbonyl (C=O) groups is 3. The number of unbranched alkanes of at least 4 members (excludes halogenated alkanes) is 4. The van der Waals surface area contributed by atoms with Gasteiger partial charge in [0.25, 0.3) is 0 Å². The highest BCUT2D eigenvalue weighted by Crippen LogP contribution is 2.30. The Morgan fingerprint density at radius 1 is 1.00 bits per heavy atom. The zero-order chi connectivity index (χ0) is 38.1. The zero-order valence-corrected chi connectivity index (χ0v) is 33.0. The van der Waals surface area contributed by atoms with Gasteiger partial charge >= 0.3 is 0 Å². The third-order valence-corrected chi connectivity index (χ3v) is 10.3. The summed E-state index contributed by atoms with van der Waals surface area (Å²) in [6.07, 6.45) is 9.23. The molecule has 10 heteroatoms. The minimum Gasteiger partial charge on any atom is -0.375 e. The van der Waals surface area contributed by atoms with Gasteiger partial charge in [0.2, 0.25) is 11.8 Å². The molecule has 3 rings (SSSR count). The van der Waals surface area contributed by atoms with Crippen molar-refractivity contribution in [2.24, 2.45) is 15.4 Å². The van der Waals surface area contributed by atoms with Crippen LogP contribution < -0.4 is 15.5 Å². The number of thiazole rings is 1. The molecule has 52 heavy (non-hydrogen) atoms. The van der Waals surface area contributed by atoms with Crippen LogP contribution in [0.15, 0.2) is 75.8 Å². The number of amides is 2. The van der Waals surface area contributed by atoms with Crippen molar-refractivity contribution in [2.75, 3.05) is 25.0 Å². The lowest BCUT2D eigenvalue weighted by atomic mass is 9.86. The fourth-order valence-electron chi connectivity index (χ4n) is 5.97. The molecule has 280 valence electrons. The first-order chi connectivity index (χ1) is 24.8. The van der Waals surface area contributed by atoms with Crippen molar-refractivity contribution in [3.63, 3.8) is 0 Å². The molecular weight excluding hydrogens is 669 g/mol. The Morgan fingerprint density at radius 3 is 2.31 bits per heavy atom. The monoisotopic (exact) mass is 726 g/mol. The molecule has 0 saturated carbocycles. The number of rotatable bonds is 21. The highest BCUT2D eigenvalue weighted by Gasteiger charge is 2.32. The van der Waals surface area contributed by atoms with Crippen LogP contribution in [-0.2, 0) is 14.4 Å². The number of hydrogen-bond acceptors (Lipinski definition) is 8. The van der Waals surface area contributed by atoms with Crippen LogP contribution >= 0.6 is 11.3 Å². The lowest BCUT2D eigenvalue weighted by molar-refractivity contribution is -0.131. The van der Waals surface area contributed by atoms with E-state index in [1.807, 2.05) is 57.5 Å². The number of nitrogens with zero attached hydrogens (tertiary/aromatic N) is 4. The number of benzene rings is 2. The fourth-order valence-corrected chi connectivity index (χ4v) is 6.78. The smallest absolute Gasteiger partial charge is 0.243 e. The van der Waals surface area contributed by atoms with Crippen molar-refractivity contribution in [3.05, 3.63) is 77.1 Å². The molecule has 0 aliphatic carbocycles. The largest absolute Gasteiger partial charge is 0.375 e. The summed E-state index contributed by atoms with van der Waals surface area (Å²) in [7, 11) is 2.06. The predicted octanol–water partition coefficient (Wildman–Crippen LogP) is 9.00. The molecule has 0 radical (unpaired) electrons. The Hall–Kier alpha value is -4.44. The van der Waals surface area contributed by atoms with Gasteiger partial charge in [0.05, 0.1) is 33.1 Å². The van der Waals surface area contributed by atoms with Crippen LogP contribution in [0.3, 0.4) is 0 Å². The number of nitrogens with one attached hydrogen (secondary N) is 2. The van der Waals surface area contributed by atoms with Crippen molar-refractivity contribution in [3.8, 4) is 10.4 Å². The summed E-state index contributed by atoms with van der Waals surface area (Å²) in [5.74, 6) is 0.243. The van der Waals surface area contributed by atoms with Crippen LogP contribution in [0.4, 0.5) is 11.4 Å². The van der Waals surface area contributed by atoms with E-state index in [1.165, 1.54) is 22.2 Å². The number of anilines is 1. The number of aryl methyl sites for hydroxylation is 1. The van der Waals surface area contributed by atoms with Gasteiger partial charge < -0.3 is 15.5 Å². The molecule has 0 fully saturated rings. The lowest BCUT2D eigenvalue weighted by Gasteiger charge is -2.30. The minimum atomic E-state index is -0.582. The second-order valence-electron chi connectivity index (χ2n) is 14.6. The highest BCUT2D eigenvalue weighted by molar-refractivity contribution is 7.13. The normalized spacial score (nSPS) is 13.3. The van der Waals surface area contributed by atoms with Crippen LogP contribution in [0.1, 0.15) is 103 Å². The number of hydrogen-bond donors (Lipinski definition) is 2. The average Bonchev–Trinajstić information content (AvgIpc) is 3.55. The summed E-state index contributed by atoms with van der Waals surface area (Å²) in [6, 6.07) is 16.1. The Labute approximate surface area is 315 Å². The van der Waals surface area contributed by atoms with E-state index in [-0.39, 0.29) is 11.8 Å². The SMILES string of the molecule is C=N/C=C(/C=O)C(C)=Nc1ccc(N(C)CCCCCCC(=O)NC(C(=O)NCCCCC(C)c2ccc(-c3scnc3C)cc2)C(C)(C)C)cc1. The molecule has 2 unspecified atom stereocenters. The maximum absolute atomic E-state index is 13.2. The summed E-state index contributed by atoms with van der Waals surface area (Å²) >= 11 is 1.67. The van der Waals surface area contributed by atoms with Gasteiger partial charge in [-0.1, -0.05) is 71.2 Å². The molecule has 1 aromatic heterocycles. The van der Waals surface area contributed by atoms with E-state index in [4.69, 9.17) is 0 Å². The van der Waals surface area contributed by atoms with Crippen LogP contribution in [0.2, 0.25) is 0 Å². The first-order valence-corrected chi connectivity index (χ1v) is 19.3. The van der Waals surface area contributed by atoms with Gasteiger partial charge in [-0.15, -0.1) is 11.3 Å². The van der Waals surface area contributed by atoms with Gasteiger partial charge in [-0.2, -0.15) is 0 Å². The van der Waals surface area contributed by atoms with Gasteiger partial charge in [-0.05, 0) is 93.0 Å². The Kier molecular flexibility index (Phi) is 17.1. The molecule has 2 amide bonds. The fraction of sp³-hybridized carbons (Fsp3) is 0.476. The Balaban J connectivity index is 1.32. The Bertz CT molecular complexity index is 1650. The van der Waals surface area contributed by atoms with E-state index in [9.17, 15) is 14.4 Å². The number of allylic oxidation sites excluding steroid dienone is 1. The van der Waals surface area contributed by atoms with E-state index in [2.05, 4.69) is 75.5 Å². The standard InChI is InChI=1S/C42H58N6O3S/c1-30(33-17-19-34(20-18-33)39-32(3)45-29-52-39)15-12-13-25-44-41(51)40(42(4,5)6)47-38(50)16-11-9-10-14-26-48(8)37-23-21-36(22-24-37)46-31(2)35(28-49)27-43-7/h17-24,27-30,40H,7,9-16,25-26H2,1-6,8H3,(H,44,51)(H,47,50)/b35-27-,46-31?. The molecular formula is C42H58N6O3S. The summed E-state index contributed by atoms with van der Waals surface area (Å²) < 4.78 is 0. The second-order valence-corrected chi connectivity index (χ2v) is 15.5. The molecule has 0 bridgehead atoms. The third kappa shape index (κ3) is 13.6. The zero-order valence-electron chi connectivity index (χ0n) is 32.2. The molecule has 0 spiro atoms. The average molecular weight is 727 g/mol. The second kappa shape index (κ2) is 21.2. The predicted molar refractivity (Wildman–Crippen MR) is 218 cm³/mol. The maximum Gasteiger partial charge on any atom is 0.243 e. The van der Waals surface area contributed by atoms with Gasteiger partial charge in [0.15, 0.2) is 6.29 Å². The first kappa shape index (κ1) is 42.0. The number of aromatic nitrogens is 1. The van der Waals surface area contributed by atoms with Gasteiger partial charge in [-0.3, -0.25) is 24.4 Å². The number of aldehydes is 1. The van der Waals surface area contributed by atoms with Crippen LogP contribution in [-0.4, -0.2) is 61.7 Å². The molecule has 0 saturated heterocycles. The third-order valence-electron chi connectivity index (χ3n) is 9.29. The number of carbonyl (C=O) groups excluding carboxylic acids is 3. The molecule has 2 N–H and O–H groups in total. The van der Waals surface area contributed by atoms with Crippen molar-refractivity contribution in [1.82, 2.24) is 15.6 Å². The van der Waals surface area contributed by atoms with E-state index >= 15 is 0 Å². The summed E-state index contributed by atoms with van der Waals surface area (Å²) in [4.78, 5) is 53.2. The highest BCUT2D eigenvalue weighted by atomic mass is 32.1. The molecule has 1 heterocycles. The van der Waals surface area contributed by atoms with Crippen molar-refractivity contribution in [2.45, 2.75) is 105 Å². The topological polar surface area (TPSA) is 116 Å². The minimum absolute atomic E-state index is 0.0768. The van der Waals surface area contributed by atoms with Gasteiger partial charge in [0, 0.05) is 38.4 Å². The maximum atomic E-state index is 13.2. The summed E-state index contributed by atoms with van der Waals surface area (Å²) in [6.45, 7) is 16.9. The van der Waals surface area contributed by atoms with Gasteiger partial charge in [-0.25, -0.2) is 4.98 Å². The molecule has 0 aliphatic rings. The van der Waals surface area contributed by atoms with Crippen molar-refractivity contribution in [1.29, 1.82) is 0 Å². The van der Waals surface area contributed by atoms with Crippen molar-refractivity contribution >= 4 is 53.2 Å². The Morgan fingerprint density at radius 2 is 1.69 bits per heavy atom. The molecule has 2 aromatic carbocycles. The van der Waals surface area contributed by atoms with E-state index in [0.29, 0.717) is 30.2 Å². The van der Waals surface area contributed by atoms with Gasteiger partial charge in [0.1, 0.15) is 6.04 Å². The van der Waals surface area contributed by atoms with E-state index in [0.717, 1.165) is 74.8 Å². The summed E-state index contributed by atoms with van der Waals surface area (Å²) in [5, 5.41) is 6.10. The number of aliphatic imine (C=N–C) groups is 2. The first-order valence-electron chi connectivity index (χ1n) is 18.4.